The molecule has 2 N–H and O–H groups in total. The fourth-order valence-electron chi connectivity index (χ4n) is 4.21. The molecule has 2 heterocycles. The lowest BCUT2D eigenvalue weighted by molar-refractivity contribution is 0.132. The number of halogens is 1. The second kappa shape index (κ2) is 8.34. The Hall–Kier alpha value is -3.27. The van der Waals surface area contributed by atoms with Gasteiger partial charge in [0, 0.05) is 49.0 Å². The highest BCUT2D eigenvalue weighted by Crippen LogP contribution is 2.36. The van der Waals surface area contributed by atoms with E-state index in [-0.39, 0.29) is 16.6 Å². The van der Waals surface area contributed by atoms with Crippen LogP contribution in [0.25, 0.3) is 10.9 Å². The highest BCUT2D eigenvalue weighted by Gasteiger charge is 2.26. The summed E-state index contributed by atoms with van der Waals surface area (Å²) >= 11 is 0. The zero-order valence-corrected chi connectivity index (χ0v) is 18.5. The van der Waals surface area contributed by atoms with E-state index in [4.69, 9.17) is 4.74 Å². The molecule has 0 saturated carbocycles. The number of aryl methyl sites for hydroxylation is 1. The number of likely N-dealkylation sites (tertiary alicyclic amines) is 1. The van der Waals surface area contributed by atoms with E-state index in [0.29, 0.717) is 31.6 Å². The standard InChI is InChI=1S/C22H24FN3O5S/c1-25-13-18(14-7-9-26(10-8-14)22(27)28)17-11-15(3-6-20(17)25)24-32(29,30)16-4-5-19(23)21(12-16)31-2/h3-6,11-14,24H,7-10H2,1-2H3,(H,27,28). The molecule has 1 aliphatic heterocycles. The number of benzene rings is 2. The molecular weight excluding hydrogens is 437 g/mol. The van der Waals surface area contributed by atoms with Gasteiger partial charge in [-0.25, -0.2) is 17.6 Å². The van der Waals surface area contributed by atoms with Gasteiger partial charge in [0.1, 0.15) is 0 Å². The van der Waals surface area contributed by atoms with Crippen LogP contribution in [0.2, 0.25) is 0 Å². The second-order valence-corrected chi connectivity index (χ2v) is 9.56. The average molecular weight is 462 g/mol. The molecule has 0 atom stereocenters. The van der Waals surface area contributed by atoms with Crippen molar-refractivity contribution in [3.8, 4) is 5.75 Å². The number of carbonyl (C=O) groups is 1. The molecule has 10 heteroatoms. The Kier molecular flexibility index (Phi) is 5.72. The average Bonchev–Trinajstić information content (AvgIpc) is 3.09. The summed E-state index contributed by atoms with van der Waals surface area (Å²) < 4.78 is 48.8. The van der Waals surface area contributed by atoms with Gasteiger partial charge in [0.2, 0.25) is 0 Å². The van der Waals surface area contributed by atoms with E-state index in [1.165, 1.54) is 18.1 Å². The summed E-state index contributed by atoms with van der Waals surface area (Å²) in [5, 5.41) is 10.1. The molecular formula is C22H24FN3O5S. The van der Waals surface area contributed by atoms with E-state index in [2.05, 4.69) is 4.72 Å². The smallest absolute Gasteiger partial charge is 0.407 e. The van der Waals surface area contributed by atoms with E-state index in [1.807, 2.05) is 23.9 Å². The number of anilines is 1. The minimum atomic E-state index is -3.95. The van der Waals surface area contributed by atoms with E-state index in [1.54, 1.807) is 12.1 Å². The summed E-state index contributed by atoms with van der Waals surface area (Å²) in [7, 11) is -0.759. The molecule has 0 aliphatic carbocycles. The summed E-state index contributed by atoms with van der Waals surface area (Å²) in [6.07, 6.45) is 2.53. The fraction of sp³-hybridized carbons (Fsp3) is 0.318. The van der Waals surface area contributed by atoms with Crippen LogP contribution in [0.15, 0.2) is 47.5 Å². The van der Waals surface area contributed by atoms with Gasteiger partial charge in [0.25, 0.3) is 10.0 Å². The van der Waals surface area contributed by atoms with Gasteiger partial charge in [-0.05, 0) is 54.7 Å². The number of ether oxygens (including phenoxy) is 1. The number of carboxylic acid groups (broad SMARTS) is 1. The van der Waals surface area contributed by atoms with Crippen molar-refractivity contribution in [1.82, 2.24) is 9.47 Å². The van der Waals surface area contributed by atoms with Crippen LogP contribution in [0.3, 0.4) is 0 Å². The Bertz CT molecular complexity index is 1280. The molecule has 0 unspecified atom stereocenters. The summed E-state index contributed by atoms with van der Waals surface area (Å²) in [5.41, 5.74) is 2.40. The van der Waals surface area contributed by atoms with Gasteiger partial charge in [-0.2, -0.15) is 0 Å². The first-order valence-corrected chi connectivity index (χ1v) is 11.6. The highest BCUT2D eigenvalue weighted by atomic mass is 32.2. The lowest BCUT2D eigenvalue weighted by atomic mass is 9.89. The Morgan fingerprint density at radius 3 is 2.56 bits per heavy atom. The van der Waals surface area contributed by atoms with E-state index < -0.39 is 21.9 Å². The maximum Gasteiger partial charge on any atom is 0.407 e. The molecule has 8 nitrogen and oxygen atoms in total. The van der Waals surface area contributed by atoms with Gasteiger partial charge in [0.05, 0.1) is 12.0 Å². The van der Waals surface area contributed by atoms with Crippen molar-refractivity contribution in [2.24, 2.45) is 7.05 Å². The topological polar surface area (TPSA) is 101 Å². The molecule has 0 spiro atoms. The van der Waals surface area contributed by atoms with Crippen molar-refractivity contribution in [1.29, 1.82) is 0 Å². The molecule has 32 heavy (non-hydrogen) atoms. The number of fused-ring (bicyclic) bond motifs is 1. The third-order valence-corrected chi connectivity index (χ3v) is 7.29. The second-order valence-electron chi connectivity index (χ2n) is 7.87. The van der Waals surface area contributed by atoms with Crippen LogP contribution < -0.4 is 9.46 Å². The minimum Gasteiger partial charge on any atom is -0.494 e. The lowest BCUT2D eigenvalue weighted by Crippen LogP contribution is -2.36. The van der Waals surface area contributed by atoms with Gasteiger partial charge in [-0.15, -0.1) is 0 Å². The van der Waals surface area contributed by atoms with Crippen molar-refractivity contribution in [2.75, 3.05) is 24.9 Å². The van der Waals surface area contributed by atoms with E-state index >= 15 is 0 Å². The number of nitrogens with one attached hydrogen (secondary N) is 1. The maximum atomic E-state index is 13.7. The predicted octanol–water partition coefficient (Wildman–Crippen LogP) is 3.98. The molecule has 1 aromatic heterocycles. The van der Waals surface area contributed by atoms with Gasteiger partial charge in [-0.1, -0.05) is 0 Å². The largest absolute Gasteiger partial charge is 0.494 e. The minimum absolute atomic E-state index is 0.106. The molecule has 0 bridgehead atoms. The third kappa shape index (κ3) is 4.10. The van der Waals surface area contributed by atoms with Crippen LogP contribution in [0.4, 0.5) is 14.9 Å². The first kappa shape index (κ1) is 21.9. The number of aromatic nitrogens is 1. The first-order valence-electron chi connectivity index (χ1n) is 10.1. The van der Waals surface area contributed by atoms with Gasteiger partial charge >= 0.3 is 6.09 Å². The van der Waals surface area contributed by atoms with Crippen LogP contribution in [-0.2, 0) is 17.1 Å². The third-order valence-electron chi connectivity index (χ3n) is 5.91. The molecule has 1 amide bonds. The Morgan fingerprint density at radius 2 is 1.91 bits per heavy atom. The molecule has 4 rings (SSSR count). The lowest BCUT2D eigenvalue weighted by Gasteiger charge is -2.29. The number of amides is 1. The van der Waals surface area contributed by atoms with Crippen LogP contribution in [0, 0.1) is 5.82 Å². The molecule has 170 valence electrons. The number of hydrogen-bond acceptors (Lipinski definition) is 4. The number of piperidine rings is 1. The van der Waals surface area contributed by atoms with Crippen LogP contribution in [0.5, 0.6) is 5.75 Å². The first-order chi connectivity index (χ1) is 15.2. The molecule has 1 saturated heterocycles. The van der Waals surface area contributed by atoms with Crippen molar-refractivity contribution in [2.45, 2.75) is 23.7 Å². The molecule has 1 aliphatic rings. The Balaban J connectivity index is 1.64. The van der Waals surface area contributed by atoms with Gasteiger partial charge in [-0.3, -0.25) is 4.72 Å². The number of nitrogens with zero attached hydrogens (tertiary/aromatic N) is 2. The van der Waals surface area contributed by atoms with Gasteiger partial charge in [0.15, 0.2) is 11.6 Å². The monoisotopic (exact) mass is 461 g/mol. The molecule has 0 radical (unpaired) electrons. The predicted molar refractivity (Wildman–Crippen MR) is 118 cm³/mol. The van der Waals surface area contributed by atoms with Crippen LogP contribution in [0.1, 0.15) is 24.3 Å². The van der Waals surface area contributed by atoms with Crippen molar-refractivity contribution in [3.05, 3.63) is 54.0 Å². The molecule has 1 fully saturated rings. The zero-order chi connectivity index (χ0) is 23.0. The highest BCUT2D eigenvalue weighted by molar-refractivity contribution is 7.92. The van der Waals surface area contributed by atoms with Crippen molar-refractivity contribution >= 4 is 32.7 Å². The fourth-order valence-corrected chi connectivity index (χ4v) is 5.28. The quantitative estimate of drug-likeness (QED) is 0.599. The summed E-state index contributed by atoms with van der Waals surface area (Å²) in [4.78, 5) is 12.5. The number of rotatable bonds is 5. The number of sulfonamides is 1. The van der Waals surface area contributed by atoms with Crippen molar-refractivity contribution < 1.29 is 27.4 Å². The summed E-state index contributed by atoms with van der Waals surface area (Å²) in [6, 6.07) is 8.68. The van der Waals surface area contributed by atoms with E-state index in [0.717, 1.165) is 28.6 Å². The van der Waals surface area contributed by atoms with E-state index in [9.17, 15) is 22.7 Å². The van der Waals surface area contributed by atoms with Gasteiger partial charge < -0.3 is 19.3 Å². The zero-order valence-electron chi connectivity index (χ0n) is 17.7. The Labute approximate surface area is 185 Å². The molecule has 3 aromatic rings. The maximum absolute atomic E-state index is 13.7. The summed E-state index contributed by atoms with van der Waals surface area (Å²) in [5.74, 6) is -0.611. The van der Waals surface area contributed by atoms with Crippen molar-refractivity contribution in [3.63, 3.8) is 0 Å². The normalized spacial score (nSPS) is 15.2. The molecule has 2 aromatic carbocycles. The van der Waals surface area contributed by atoms with Crippen LogP contribution >= 0.6 is 0 Å². The van der Waals surface area contributed by atoms with Crippen LogP contribution in [-0.4, -0.2) is 49.3 Å². The summed E-state index contributed by atoms with van der Waals surface area (Å²) in [6.45, 7) is 0.935. The SMILES string of the molecule is COc1cc(S(=O)(=O)Nc2ccc3c(c2)c(C2CCN(C(=O)O)CC2)cn3C)ccc1F. The number of methoxy groups -OCH3 is 1. The Morgan fingerprint density at radius 1 is 1.19 bits per heavy atom. The number of hydrogen-bond donors (Lipinski definition) is 2.